The molecule has 8 rings (SSSR count). The van der Waals surface area contributed by atoms with Crippen LogP contribution < -0.4 is 31.9 Å². The predicted octanol–water partition coefficient (Wildman–Crippen LogP) is 3.62. The largest absolute Gasteiger partial charge is 0.744 e. The summed E-state index contributed by atoms with van der Waals surface area (Å²) in [6.45, 7) is 0. The summed E-state index contributed by atoms with van der Waals surface area (Å²) in [6, 6.07) is 14.1. The van der Waals surface area contributed by atoms with E-state index in [9.17, 15) is 75.9 Å². The molecule has 0 atom stereocenters. The fraction of sp³-hybridized carbons (Fsp3) is 0.0889. The molecule has 27 nitrogen and oxygen atoms in total. The van der Waals surface area contributed by atoms with Gasteiger partial charge >= 0.3 is 6.03 Å². The minimum Gasteiger partial charge on any atom is -0.744 e. The van der Waals surface area contributed by atoms with Crippen molar-refractivity contribution in [2.45, 2.75) is 19.6 Å². The van der Waals surface area contributed by atoms with Gasteiger partial charge in [0.1, 0.15) is 63.7 Å². The second-order valence-electron chi connectivity index (χ2n) is 16.8. The van der Waals surface area contributed by atoms with Crippen molar-refractivity contribution < 1.29 is 75.9 Å². The smallest absolute Gasteiger partial charge is 0.325 e. The summed E-state index contributed by atoms with van der Waals surface area (Å²) in [4.78, 5) is 63.8. The van der Waals surface area contributed by atoms with Gasteiger partial charge in [-0.15, -0.1) is 0 Å². The van der Waals surface area contributed by atoms with E-state index >= 15 is 0 Å². The van der Waals surface area contributed by atoms with E-state index in [2.05, 4.69) is 31.9 Å². The molecule has 0 aliphatic rings. The van der Waals surface area contributed by atoms with Gasteiger partial charge in [0.25, 0.3) is 23.6 Å². The molecule has 0 aliphatic carbocycles. The van der Waals surface area contributed by atoms with Gasteiger partial charge in [-0.25, -0.2) is 38.5 Å². The van der Waals surface area contributed by atoms with Crippen LogP contribution >= 0.6 is 0 Å². The molecule has 31 heteroatoms. The first kappa shape index (κ1) is 53.6. The van der Waals surface area contributed by atoms with Crippen LogP contribution in [0.5, 0.6) is 0 Å². The van der Waals surface area contributed by atoms with E-state index in [1.807, 2.05) is 0 Å². The fourth-order valence-corrected chi connectivity index (χ4v) is 10.4. The van der Waals surface area contributed by atoms with Crippen molar-refractivity contribution in [2.24, 2.45) is 28.2 Å². The zero-order valence-electron chi connectivity index (χ0n) is 39.3. The Hall–Kier alpha value is -8.69. The van der Waals surface area contributed by atoms with E-state index in [4.69, 9.17) is 0 Å². The molecule has 0 spiro atoms. The number of nitrogens with one attached hydrogen (secondary N) is 6. The van der Waals surface area contributed by atoms with Crippen molar-refractivity contribution in [3.8, 4) is 0 Å². The maximum Gasteiger partial charge on any atom is 0.325 e. The van der Waals surface area contributed by atoms with Crippen LogP contribution in [0.1, 0.15) is 41.4 Å². The minimum absolute atomic E-state index is 0.0267. The summed E-state index contributed by atoms with van der Waals surface area (Å²) in [5, 5.41) is 14.1. The van der Waals surface area contributed by atoms with Crippen LogP contribution in [0.2, 0.25) is 0 Å². The Morgan fingerprint density at radius 2 is 0.671 bits per heavy atom. The number of anilines is 6. The zero-order valence-corrected chi connectivity index (χ0v) is 42.5. The number of fused-ring (bicyclic) bond motifs is 2. The SMILES string of the molecule is Cn1cc(C(=O)Nc2cc(C(=O)Nc3cc(S(=O)(=O)[O-])cc4cccc(S(=O)(=O)[O-])c34)cn2C)cc1NC(=O)Nc1cc(C(=O)Nc2cc(C(=O)Nc3cc(S(=O)(=O)[O-])cc4cccc(S(=O)(=O)[O-])c34)cn2C)cn1C. The first-order valence-corrected chi connectivity index (χ1v) is 26.9. The maximum atomic E-state index is 13.5. The molecule has 0 fully saturated rings. The number of amides is 6. The number of hydrogen-bond acceptors (Lipinski definition) is 17. The Balaban J connectivity index is 0.910. The molecule has 0 saturated heterocycles. The third-order valence-electron chi connectivity index (χ3n) is 11.5. The summed E-state index contributed by atoms with van der Waals surface area (Å²) in [5.41, 5.74) is -1.15. The quantitative estimate of drug-likeness (QED) is 0.0847. The van der Waals surface area contributed by atoms with Crippen LogP contribution in [0.25, 0.3) is 21.5 Å². The second-order valence-corrected chi connectivity index (χ2v) is 22.2. The van der Waals surface area contributed by atoms with E-state index in [1.54, 1.807) is 0 Å². The Kier molecular flexibility index (Phi) is 13.8. The highest BCUT2D eigenvalue weighted by atomic mass is 32.2. The molecule has 4 aromatic heterocycles. The molecule has 396 valence electrons. The number of carbonyl (C=O) groups is 5. The van der Waals surface area contributed by atoms with Crippen LogP contribution in [0.3, 0.4) is 0 Å². The van der Waals surface area contributed by atoms with Gasteiger partial charge in [0, 0.05) is 63.8 Å². The van der Waals surface area contributed by atoms with E-state index in [-0.39, 0.29) is 67.1 Å². The molecular formula is C45H36N10O17S4-4. The first-order valence-electron chi connectivity index (χ1n) is 21.3. The van der Waals surface area contributed by atoms with Crippen molar-refractivity contribution in [1.82, 2.24) is 18.3 Å². The Morgan fingerprint density at radius 3 is 0.961 bits per heavy atom. The molecule has 4 aromatic carbocycles. The molecule has 8 aromatic rings. The highest BCUT2D eigenvalue weighted by molar-refractivity contribution is 7.86. The third-order valence-corrected chi connectivity index (χ3v) is 14.9. The number of hydrogen-bond donors (Lipinski definition) is 6. The molecule has 0 aliphatic heterocycles. The van der Waals surface area contributed by atoms with Crippen LogP contribution in [0.15, 0.2) is 129 Å². The van der Waals surface area contributed by atoms with Crippen molar-refractivity contribution in [2.75, 3.05) is 31.9 Å². The van der Waals surface area contributed by atoms with Gasteiger partial charge in [-0.3, -0.25) is 29.8 Å². The average Bonchev–Trinajstić information content (AvgIpc) is 4.10. The van der Waals surface area contributed by atoms with Crippen LogP contribution in [0, 0.1) is 0 Å². The monoisotopic (exact) mass is 1120 g/mol. The van der Waals surface area contributed by atoms with Gasteiger partial charge in [0.05, 0.1) is 53.2 Å². The number of benzene rings is 4. The van der Waals surface area contributed by atoms with E-state index in [0.717, 1.165) is 48.5 Å². The average molecular weight is 1120 g/mol. The lowest BCUT2D eigenvalue weighted by atomic mass is 10.1. The highest BCUT2D eigenvalue weighted by Crippen LogP contribution is 2.35. The summed E-state index contributed by atoms with van der Waals surface area (Å²) in [7, 11) is -14.6. The van der Waals surface area contributed by atoms with Crippen LogP contribution in [-0.4, -0.2) is 99.8 Å². The van der Waals surface area contributed by atoms with Gasteiger partial charge in [0.15, 0.2) is 0 Å². The van der Waals surface area contributed by atoms with Crippen LogP contribution in [0.4, 0.5) is 39.4 Å². The topological polar surface area (TPSA) is 406 Å². The van der Waals surface area contributed by atoms with Crippen molar-refractivity contribution in [3.63, 3.8) is 0 Å². The summed E-state index contributed by atoms with van der Waals surface area (Å²) in [5.74, 6) is -2.97. The second kappa shape index (κ2) is 19.5. The molecule has 6 amide bonds. The first-order chi connectivity index (χ1) is 35.3. The van der Waals surface area contributed by atoms with E-state index < -0.39 is 101 Å². The number of carbonyl (C=O) groups excluding carboxylic acids is 5. The number of urea groups is 1. The van der Waals surface area contributed by atoms with E-state index in [1.165, 1.54) is 108 Å². The predicted molar refractivity (Wildman–Crippen MR) is 266 cm³/mol. The molecular weight excluding hydrogens is 1080 g/mol. The fourth-order valence-electron chi connectivity index (χ4n) is 7.92. The Morgan fingerprint density at radius 1 is 0.382 bits per heavy atom. The molecule has 0 saturated carbocycles. The van der Waals surface area contributed by atoms with Crippen molar-refractivity contribution in [1.29, 1.82) is 0 Å². The summed E-state index contributed by atoms with van der Waals surface area (Å²) < 4.78 is 149. The van der Waals surface area contributed by atoms with Gasteiger partial charge in [-0.2, -0.15) is 0 Å². The highest BCUT2D eigenvalue weighted by Gasteiger charge is 2.23. The number of rotatable bonds is 14. The third kappa shape index (κ3) is 11.2. The van der Waals surface area contributed by atoms with Gasteiger partial charge in [-0.1, -0.05) is 24.3 Å². The normalized spacial score (nSPS) is 12.1. The van der Waals surface area contributed by atoms with Gasteiger partial charge in [-0.05, 0) is 71.4 Å². The Labute approximate surface area is 430 Å². The molecule has 76 heavy (non-hydrogen) atoms. The van der Waals surface area contributed by atoms with E-state index in [0.29, 0.717) is 0 Å². The Bertz CT molecular complexity index is 4020. The van der Waals surface area contributed by atoms with Crippen LogP contribution in [-0.2, 0) is 68.7 Å². The zero-order chi connectivity index (χ0) is 55.6. The maximum absolute atomic E-state index is 13.5. The summed E-state index contributed by atoms with van der Waals surface area (Å²) >= 11 is 0. The number of aromatic nitrogens is 4. The molecule has 6 N–H and O–H groups in total. The van der Waals surface area contributed by atoms with Crippen molar-refractivity contribution in [3.05, 3.63) is 132 Å². The minimum atomic E-state index is -5.16. The molecule has 4 heterocycles. The standard InChI is InChI=1S/C45H40N10O17S4/c1-52-19-25(41(56)46-31-17-29(73(61,62)63)11-23-7-5-9-33(39(23)31)75(67,68)69)13-35(52)48-43(58)27-15-37(54(3)21-27)50-45(60)51-38-16-28(22-55(38)4)44(59)49-36-14-26(20-53(36)2)42(57)47-32-18-30(74(64,65)66)12-24-8-6-10-34(40(24)32)76(70,71)72/h5-22H,1-4H3,(H,46,56)(H,47,57)(H,48,58)(H,49,59)(H2,50,51,60)(H,61,62,63)(H,64,65,66)(H,67,68,69)(H,70,71,72)/p-4. The number of aryl methyl sites for hydroxylation is 4. The molecule has 0 bridgehead atoms. The lowest BCUT2D eigenvalue weighted by Crippen LogP contribution is -2.22. The lowest BCUT2D eigenvalue weighted by Gasteiger charge is -2.17. The van der Waals surface area contributed by atoms with Gasteiger partial charge < -0.3 is 57.7 Å². The lowest BCUT2D eigenvalue weighted by molar-refractivity contribution is 0.101. The molecule has 0 radical (unpaired) electrons. The molecule has 0 unspecified atom stereocenters. The van der Waals surface area contributed by atoms with Crippen molar-refractivity contribution >= 4 is 126 Å². The van der Waals surface area contributed by atoms with Gasteiger partial charge in [0.2, 0.25) is 0 Å². The number of nitrogens with zero attached hydrogens (tertiary/aromatic N) is 4. The summed E-state index contributed by atoms with van der Waals surface area (Å²) in [6.07, 6.45) is 5.27.